The van der Waals surface area contributed by atoms with E-state index in [1.54, 1.807) is 6.26 Å². The molecular weight excluding hydrogens is 332 g/mol. The molecule has 142 valence electrons. The number of hydrogen-bond acceptors (Lipinski definition) is 5. The molecule has 0 radical (unpaired) electrons. The second-order valence-electron chi connectivity index (χ2n) is 8.64. The number of carbonyl (C=O) groups excluding carboxylic acids is 2. The topological polar surface area (TPSA) is 65.7 Å². The van der Waals surface area contributed by atoms with Crippen LogP contribution in [0.25, 0.3) is 0 Å². The minimum atomic E-state index is -0.380. The number of rotatable bonds is 4. The molecule has 1 aliphatic heterocycles. The molecule has 2 aliphatic carbocycles. The largest absolute Gasteiger partial charge is 0.469 e. The maximum Gasteiger partial charge on any atom is 0.314 e. The Labute approximate surface area is 154 Å². The molecule has 2 fully saturated rings. The zero-order chi connectivity index (χ0) is 18.6. The molecule has 4 rings (SSSR count). The van der Waals surface area contributed by atoms with Crippen molar-refractivity contribution in [2.45, 2.75) is 72.0 Å². The highest BCUT2D eigenvalue weighted by Crippen LogP contribution is 2.63. The van der Waals surface area contributed by atoms with E-state index in [1.165, 1.54) is 0 Å². The lowest BCUT2D eigenvalue weighted by atomic mass is 9.54. The number of ether oxygens (including phenoxy) is 2. The van der Waals surface area contributed by atoms with Crippen molar-refractivity contribution in [1.29, 1.82) is 0 Å². The molecule has 5 nitrogen and oxygen atoms in total. The quantitative estimate of drug-likeness (QED) is 0.756. The maximum absolute atomic E-state index is 12.8. The fourth-order valence-electron chi connectivity index (χ4n) is 5.30. The van der Waals surface area contributed by atoms with Crippen molar-refractivity contribution in [3.05, 3.63) is 23.2 Å². The van der Waals surface area contributed by atoms with Crippen LogP contribution in [-0.2, 0) is 25.5 Å². The molecule has 1 saturated heterocycles. The Hall–Kier alpha value is -1.78. The third-order valence-electron chi connectivity index (χ3n) is 7.07. The number of furan rings is 1. The SMILES string of the molecule is CCC(C)CC(=O)OC1CCC2Cc3occ(C)c3C3OC(=O)C1C23C. The van der Waals surface area contributed by atoms with Gasteiger partial charge in [-0.25, -0.2) is 0 Å². The lowest BCUT2D eigenvalue weighted by Crippen LogP contribution is -2.51. The van der Waals surface area contributed by atoms with E-state index in [1.807, 2.05) is 13.8 Å². The molecule has 1 saturated carbocycles. The van der Waals surface area contributed by atoms with Gasteiger partial charge in [0.25, 0.3) is 0 Å². The summed E-state index contributed by atoms with van der Waals surface area (Å²) >= 11 is 0. The van der Waals surface area contributed by atoms with Gasteiger partial charge in [-0.1, -0.05) is 27.2 Å². The average Bonchev–Trinajstić information content (AvgIpc) is 3.08. The van der Waals surface area contributed by atoms with Gasteiger partial charge in [0.2, 0.25) is 0 Å². The summed E-state index contributed by atoms with van der Waals surface area (Å²) in [5.41, 5.74) is 1.73. The van der Waals surface area contributed by atoms with Gasteiger partial charge in [-0.05, 0) is 37.2 Å². The van der Waals surface area contributed by atoms with Crippen LogP contribution in [0.1, 0.15) is 69.4 Å². The Balaban J connectivity index is 1.62. The third kappa shape index (κ3) is 2.43. The van der Waals surface area contributed by atoms with Crippen LogP contribution >= 0.6 is 0 Å². The van der Waals surface area contributed by atoms with Gasteiger partial charge in [0.1, 0.15) is 23.9 Å². The van der Waals surface area contributed by atoms with E-state index in [0.29, 0.717) is 24.7 Å². The predicted molar refractivity (Wildman–Crippen MR) is 94.3 cm³/mol. The number of hydrogen-bond donors (Lipinski definition) is 0. The minimum absolute atomic E-state index is 0.196. The molecule has 6 unspecified atom stereocenters. The van der Waals surface area contributed by atoms with Crippen LogP contribution < -0.4 is 0 Å². The minimum Gasteiger partial charge on any atom is -0.469 e. The van der Waals surface area contributed by atoms with Crippen molar-refractivity contribution >= 4 is 11.9 Å². The molecule has 1 aromatic rings. The molecule has 3 aliphatic rings. The van der Waals surface area contributed by atoms with E-state index in [2.05, 4.69) is 13.8 Å². The molecule has 0 bridgehead atoms. The molecule has 0 spiro atoms. The predicted octanol–water partition coefficient (Wildman–Crippen LogP) is 4.12. The van der Waals surface area contributed by atoms with Crippen molar-refractivity contribution in [1.82, 2.24) is 0 Å². The fourth-order valence-corrected chi connectivity index (χ4v) is 5.30. The van der Waals surface area contributed by atoms with Crippen LogP contribution in [0.5, 0.6) is 0 Å². The van der Waals surface area contributed by atoms with Gasteiger partial charge in [-0.2, -0.15) is 0 Å². The van der Waals surface area contributed by atoms with Gasteiger partial charge < -0.3 is 13.9 Å². The summed E-state index contributed by atoms with van der Waals surface area (Å²) in [5, 5.41) is 0. The van der Waals surface area contributed by atoms with Crippen LogP contribution in [0.15, 0.2) is 10.7 Å². The van der Waals surface area contributed by atoms with E-state index in [-0.39, 0.29) is 35.5 Å². The summed E-state index contributed by atoms with van der Waals surface area (Å²) < 4.78 is 17.4. The first-order valence-electron chi connectivity index (χ1n) is 9.83. The number of fused-ring (bicyclic) bond motifs is 2. The van der Waals surface area contributed by atoms with Crippen LogP contribution in [0.4, 0.5) is 0 Å². The second kappa shape index (κ2) is 6.14. The maximum atomic E-state index is 12.8. The molecule has 0 N–H and O–H groups in total. The molecule has 26 heavy (non-hydrogen) atoms. The van der Waals surface area contributed by atoms with Crippen LogP contribution in [0.2, 0.25) is 0 Å². The monoisotopic (exact) mass is 360 g/mol. The van der Waals surface area contributed by atoms with Crippen molar-refractivity contribution in [2.24, 2.45) is 23.2 Å². The zero-order valence-electron chi connectivity index (χ0n) is 16.0. The third-order valence-corrected chi connectivity index (χ3v) is 7.07. The van der Waals surface area contributed by atoms with Gasteiger partial charge in [0.05, 0.1) is 6.26 Å². The summed E-state index contributed by atoms with van der Waals surface area (Å²) in [6, 6.07) is 0. The second-order valence-corrected chi connectivity index (χ2v) is 8.64. The zero-order valence-corrected chi connectivity index (χ0v) is 16.0. The van der Waals surface area contributed by atoms with Gasteiger partial charge in [0.15, 0.2) is 0 Å². The van der Waals surface area contributed by atoms with Crippen LogP contribution in [0, 0.1) is 30.1 Å². The molecule has 6 atom stereocenters. The summed E-state index contributed by atoms with van der Waals surface area (Å²) in [6.45, 7) is 8.25. The van der Waals surface area contributed by atoms with E-state index >= 15 is 0 Å². The molecule has 1 aromatic heterocycles. The van der Waals surface area contributed by atoms with Crippen molar-refractivity contribution in [3.8, 4) is 0 Å². The molecule has 2 heterocycles. The Morgan fingerprint density at radius 3 is 2.92 bits per heavy atom. The van der Waals surface area contributed by atoms with E-state index in [9.17, 15) is 9.59 Å². The highest BCUT2D eigenvalue weighted by Gasteiger charge is 2.66. The highest BCUT2D eigenvalue weighted by atomic mass is 16.6. The summed E-state index contributed by atoms with van der Waals surface area (Å²) in [7, 11) is 0. The van der Waals surface area contributed by atoms with E-state index in [4.69, 9.17) is 13.9 Å². The lowest BCUT2D eigenvalue weighted by Gasteiger charge is -2.48. The van der Waals surface area contributed by atoms with Crippen molar-refractivity contribution in [3.63, 3.8) is 0 Å². The number of aryl methyl sites for hydroxylation is 1. The molecule has 0 aromatic carbocycles. The molecule has 5 heteroatoms. The van der Waals surface area contributed by atoms with Crippen LogP contribution in [0.3, 0.4) is 0 Å². The fraction of sp³-hybridized carbons (Fsp3) is 0.714. The van der Waals surface area contributed by atoms with Crippen molar-refractivity contribution < 1.29 is 23.5 Å². The van der Waals surface area contributed by atoms with Gasteiger partial charge >= 0.3 is 11.9 Å². The smallest absolute Gasteiger partial charge is 0.314 e. The van der Waals surface area contributed by atoms with E-state index in [0.717, 1.165) is 36.1 Å². The molecule has 0 amide bonds. The highest BCUT2D eigenvalue weighted by molar-refractivity contribution is 5.79. The molecular formula is C21H28O5. The normalized spacial score (nSPS) is 36.1. The first-order chi connectivity index (χ1) is 12.4. The van der Waals surface area contributed by atoms with Gasteiger partial charge in [0, 0.05) is 23.8 Å². The lowest BCUT2D eigenvalue weighted by molar-refractivity contribution is -0.164. The first-order valence-corrected chi connectivity index (χ1v) is 9.83. The standard InChI is InChI=1S/C21H28O5/c1-5-11(2)8-16(22)25-14-7-6-13-9-15-17(12(3)10-24-15)19-21(13,4)18(14)20(23)26-19/h10-11,13-14,18-19H,5-9H2,1-4H3. The van der Waals surface area contributed by atoms with E-state index < -0.39 is 0 Å². The Morgan fingerprint density at radius 1 is 1.42 bits per heavy atom. The Morgan fingerprint density at radius 2 is 2.19 bits per heavy atom. The summed E-state index contributed by atoms with van der Waals surface area (Å²) in [4.78, 5) is 25.2. The van der Waals surface area contributed by atoms with Gasteiger partial charge in [-0.15, -0.1) is 0 Å². The first kappa shape index (κ1) is 17.6. The van der Waals surface area contributed by atoms with Gasteiger partial charge in [-0.3, -0.25) is 9.59 Å². The van der Waals surface area contributed by atoms with Crippen molar-refractivity contribution in [2.75, 3.05) is 0 Å². The number of esters is 2. The summed E-state index contributed by atoms with van der Waals surface area (Å²) in [6.07, 6.45) is 4.91. The van der Waals surface area contributed by atoms with Crippen LogP contribution in [-0.4, -0.2) is 18.0 Å². The summed E-state index contributed by atoms with van der Waals surface area (Å²) in [5.74, 6) is 0.760. The average molecular weight is 360 g/mol. The number of carbonyl (C=O) groups is 2. The Kier molecular flexibility index (Phi) is 4.16. The Bertz CT molecular complexity index is 735.